The second-order valence-corrected chi connectivity index (χ2v) is 7.93. The van der Waals surface area contributed by atoms with Gasteiger partial charge in [-0.2, -0.15) is 13.2 Å². The van der Waals surface area contributed by atoms with Crippen molar-refractivity contribution in [2.24, 2.45) is 0 Å². The summed E-state index contributed by atoms with van der Waals surface area (Å²) in [7, 11) is 1.42. The second kappa shape index (κ2) is 10.0. The van der Waals surface area contributed by atoms with Crippen molar-refractivity contribution in [1.29, 1.82) is 0 Å². The van der Waals surface area contributed by atoms with Crippen molar-refractivity contribution in [3.05, 3.63) is 47.5 Å². The zero-order chi connectivity index (χ0) is 23.3. The van der Waals surface area contributed by atoms with E-state index < -0.39 is 17.9 Å². The number of carboxylic acids is 1. The highest BCUT2D eigenvalue weighted by molar-refractivity contribution is 7.98. The number of aliphatic carboxylic acids is 1. The second-order valence-electron chi connectivity index (χ2n) is 6.94. The minimum atomic E-state index is -4.31. The molecule has 1 aliphatic heterocycles. The molecule has 0 bridgehead atoms. The number of alkyl halides is 3. The number of carbonyl (C=O) groups excluding carboxylic acids is 1. The number of halogens is 3. The number of nitrogens with one attached hydrogen (secondary N) is 1. The zero-order valence-corrected chi connectivity index (χ0v) is 17.9. The maximum atomic E-state index is 12.7. The monoisotopic (exact) mass is 470 g/mol. The number of methoxy groups -OCH3 is 1. The van der Waals surface area contributed by atoms with Crippen LogP contribution in [0, 0.1) is 0 Å². The molecular formula is C21H21F3N2O5S. The normalized spacial score (nSPS) is 13.8. The third-order valence-corrected chi connectivity index (χ3v) is 5.59. The molecule has 2 aromatic rings. The van der Waals surface area contributed by atoms with Gasteiger partial charge >= 0.3 is 18.2 Å². The maximum absolute atomic E-state index is 12.7. The van der Waals surface area contributed by atoms with Gasteiger partial charge in [-0.1, -0.05) is 6.07 Å². The lowest BCUT2D eigenvalue weighted by Gasteiger charge is -2.19. The van der Waals surface area contributed by atoms with E-state index in [0.29, 0.717) is 47.4 Å². The molecular weight excluding hydrogens is 449 g/mol. The van der Waals surface area contributed by atoms with Crippen molar-refractivity contribution < 1.29 is 37.3 Å². The molecule has 0 unspecified atom stereocenters. The standard InChI is InChI=1S/C21H21F3N2O5S/c1-30-17-4-2-13(9-19(27)28)8-18(17)31-16-5-3-15(26-7-6-25-20(26)29)10-14(16)11-32-12-21(22,23)24/h2-5,8,10H,6-7,9,11-12H2,1H3,(H,25,29)(H,27,28). The van der Waals surface area contributed by atoms with Gasteiger partial charge in [-0.3, -0.25) is 9.69 Å². The van der Waals surface area contributed by atoms with E-state index in [1.807, 2.05) is 0 Å². The average Bonchev–Trinajstić information content (AvgIpc) is 3.14. The Morgan fingerprint density at radius 2 is 1.94 bits per heavy atom. The molecule has 1 saturated heterocycles. The van der Waals surface area contributed by atoms with Crippen LogP contribution in [0.15, 0.2) is 36.4 Å². The molecule has 2 N–H and O–H groups in total. The number of hydrogen-bond donors (Lipinski definition) is 2. The van der Waals surface area contributed by atoms with Gasteiger partial charge in [-0.05, 0) is 35.9 Å². The number of carboxylic acid groups (broad SMARTS) is 1. The molecule has 2 aromatic carbocycles. The predicted octanol–water partition coefficient (Wildman–Crippen LogP) is 4.44. The molecule has 1 heterocycles. The molecule has 3 rings (SSSR count). The van der Waals surface area contributed by atoms with Crippen LogP contribution in [-0.4, -0.2) is 49.2 Å². The fraction of sp³-hybridized carbons (Fsp3) is 0.333. The molecule has 1 aliphatic rings. The van der Waals surface area contributed by atoms with Crippen LogP contribution in [0.3, 0.4) is 0 Å². The molecule has 0 atom stereocenters. The smallest absolute Gasteiger partial charge is 0.397 e. The number of nitrogens with zero attached hydrogens (tertiary/aromatic N) is 1. The first-order chi connectivity index (χ1) is 15.2. The first-order valence-corrected chi connectivity index (χ1v) is 10.7. The molecule has 0 radical (unpaired) electrons. The van der Waals surface area contributed by atoms with E-state index >= 15 is 0 Å². The number of benzene rings is 2. The topological polar surface area (TPSA) is 88.1 Å². The molecule has 0 spiro atoms. The number of anilines is 1. The zero-order valence-electron chi connectivity index (χ0n) is 17.1. The number of thioether (sulfide) groups is 1. The molecule has 2 amide bonds. The van der Waals surface area contributed by atoms with Gasteiger partial charge < -0.3 is 19.9 Å². The van der Waals surface area contributed by atoms with E-state index in [2.05, 4.69) is 5.32 Å². The predicted molar refractivity (Wildman–Crippen MR) is 114 cm³/mol. The van der Waals surface area contributed by atoms with Gasteiger partial charge in [0.2, 0.25) is 0 Å². The Balaban J connectivity index is 1.92. The maximum Gasteiger partial charge on any atom is 0.397 e. The minimum Gasteiger partial charge on any atom is -0.493 e. The highest BCUT2D eigenvalue weighted by atomic mass is 32.2. The number of carbonyl (C=O) groups is 2. The highest BCUT2D eigenvalue weighted by Crippen LogP contribution is 2.37. The molecule has 1 fully saturated rings. The molecule has 172 valence electrons. The summed E-state index contributed by atoms with van der Waals surface area (Å²) in [6.45, 7) is 0.919. The first kappa shape index (κ1) is 23.6. The molecule has 0 saturated carbocycles. The third kappa shape index (κ3) is 6.22. The Morgan fingerprint density at radius 1 is 1.19 bits per heavy atom. The number of hydrogen-bond acceptors (Lipinski definition) is 5. The number of ether oxygens (including phenoxy) is 2. The minimum absolute atomic E-state index is 0.00469. The molecule has 0 aromatic heterocycles. The van der Waals surface area contributed by atoms with E-state index in [1.165, 1.54) is 18.1 Å². The Bertz CT molecular complexity index is 1000. The van der Waals surface area contributed by atoms with Gasteiger partial charge in [0, 0.05) is 30.1 Å². The Morgan fingerprint density at radius 3 is 2.56 bits per heavy atom. The van der Waals surface area contributed by atoms with Crippen LogP contribution >= 0.6 is 11.8 Å². The van der Waals surface area contributed by atoms with Gasteiger partial charge in [-0.25, -0.2) is 4.79 Å². The molecule has 11 heteroatoms. The molecule has 7 nitrogen and oxygen atoms in total. The SMILES string of the molecule is COc1ccc(CC(=O)O)cc1Oc1ccc(N2CCNC2=O)cc1CSCC(F)(F)F. The van der Waals surface area contributed by atoms with E-state index in [9.17, 15) is 22.8 Å². The fourth-order valence-corrected chi connectivity index (χ4v) is 3.92. The Labute approximate surface area is 186 Å². The van der Waals surface area contributed by atoms with Crippen LogP contribution < -0.4 is 19.7 Å². The van der Waals surface area contributed by atoms with Crippen molar-refractivity contribution >= 4 is 29.4 Å². The van der Waals surface area contributed by atoms with Crippen LogP contribution in [-0.2, 0) is 17.0 Å². The van der Waals surface area contributed by atoms with Gasteiger partial charge in [0.05, 0.1) is 19.3 Å². The summed E-state index contributed by atoms with van der Waals surface area (Å²) in [6, 6.07) is 9.23. The van der Waals surface area contributed by atoms with E-state index in [0.717, 1.165) is 0 Å². The summed E-state index contributed by atoms with van der Waals surface area (Å²) in [5, 5.41) is 11.7. The number of rotatable bonds is 9. The highest BCUT2D eigenvalue weighted by Gasteiger charge is 2.27. The summed E-state index contributed by atoms with van der Waals surface area (Å²) in [5.41, 5.74) is 1.48. The van der Waals surface area contributed by atoms with Gasteiger partial charge in [0.15, 0.2) is 11.5 Å². The van der Waals surface area contributed by atoms with Crippen LogP contribution in [0.4, 0.5) is 23.7 Å². The van der Waals surface area contributed by atoms with Crippen LogP contribution in [0.2, 0.25) is 0 Å². The van der Waals surface area contributed by atoms with Crippen molar-refractivity contribution in [1.82, 2.24) is 5.32 Å². The number of urea groups is 1. The van der Waals surface area contributed by atoms with E-state index in [4.69, 9.17) is 14.6 Å². The van der Waals surface area contributed by atoms with Crippen molar-refractivity contribution in [2.45, 2.75) is 18.3 Å². The largest absolute Gasteiger partial charge is 0.493 e. The average molecular weight is 470 g/mol. The van der Waals surface area contributed by atoms with Crippen LogP contribution in [0.1, 0.15) is 11.1 Å². The Kier molecular flexibility index (Phi) is 7.39. The van der Waals surface area contributed by atoms with E-state index in [1.54, 1.807) is 30.3 Å². The quantitative estimate of drug-likeness (QED) is 0.564. The first-order valence-electron chi connectivity index (χ1n) is 9.55. The summed E-state index contributed by atoms with van der Waals surface area (Å²) in [4.78, 5) is 24.5. The third-order valence-electron chi connectivity index (χ3n) is 4.54. The summed E-state index contributed by atoms with van der Waals surface area (Å²) in [6.07, 6.45) is -4.54. The summed E-state index contributed by atoms with van der Waals surface area (Å²) < 4.78 is 49.2. The molecule has 32 heavy (non-hydrogen) atoms. The Hall–Kier alpha value is -3.08. The number of amides is 2. The molecule has 0 aliphatic carbocycles. The van der Waals surface area contributed by atoms with Crippen molar-refractivity contribution in [3.63, 3.8) is 0 Å². The summed E-state index contributed by atoms with van der Waals surface area (Å²) in [5.74, 6) is -1.18. The van der Waals surface area contributed by atoms with Crippen molar-refractivity contribution in [2.75, 3.05) is 30.9 Å². The summed E-state index contributed by atoms with van der Waals surface area (Å²) >= 11 is 0.679. The fourth-order valence-electron chi connectivity index (χ4n) is 3.14. The lowest BCUT2D eigenvalue weighted by molar-refractivity contribution is -0.136. The van der Waals surface area contributed by atoms with Crippen LogP contribution in [0.25, 0.3) is 0 Å². The lowest BCUT2D eigenvalue weighted by Crippen LogP contribution is -2.27. The van der Waals surface area contributed by atoms with Gasteiger partial charge in [-0.15, -0.1) is 11.8 Å². The van der Waals surface area contributed by atoms with Crippen molar-refractivity contribution in [3.8, 4) is 17.2 Å². The van der Waals surface area contributed by atoms with Crippen LogP contribution in [0.5, 0.6) is 17.2 Å². The van der Waals surface area contributed by atoms with Gasteiger partial charge in [0.25, 0.3) is 0 Å². The van der Waals surface area contributed by atoms with E-state index in [-0.39, 0.29) is 29.7 Å². The van der Waals surface area contributed by atoms with Gasteiger partial charge in [0.1, 0.15) is 5.75 Å². The lowest BCUT2D eigenvalue weighted by atomic mass is 10.1.